The second-order valence-corrected chi connectivity index (χ2v) is 12.6. The molecule has 1 aromatic heterocycles. The molecule has 0 aliphatic carbocycles. The van der Waals surface area contributed by atoms with Gasteiger partial charge < -0.3 is 9.31 Å². The zero-order valence-electron chi connectivity index (χ0n) is 22.0. The van der Waals surface area contributed by atoms with E-state index in [0.717, 1.165) is 5.46 Å². The number of hydrogen-bond acceptors (Lipinski definition) is 3. The van der Waals surface area contributed by atoms with Gasteiger partial charge in [0, 0.05) is 25.6 Å². The molecule has 0 unspecified atom stereocenters. The lowest BCUT2D eigenvalue weighted by atomic mass is 9.77. The van der Waals surface area contributed by atoms with E-state index < -0.39 is 0 Å². The van der Waals surface area contributed by atoms with Crippen LogP contribution in [0.3, 0.4) is 0 Å². The van der Waals surface area contributed by atoms with Crippen LogP contribution in [0.15, 0.2) is 91.0 Å². The first-order chi connectivity index (χ1) is 18.3. The Kier molecular flexibility index (Phi) is 4.49. The third-order valence-corrected chi connectivity index (χ3v) is 10.1. The van der Waals surface area contributed by atoms with E-state index in [4.69, 9.17) is 9.31 Å². The van der Waals surface area contributed by atoms with E-state index in [2.05, 4.69) is 119 Å². The van der Waals surface area contributed by atoms with Gasteiger partial charge in [-0.25, -0.2) is 0 Å². The standard InChI is InChI=1S/C34H27BO2S/c1-33(2)34(3,4)37-35(36-33)20-17-18-25-27(19-20)21-11-5-6-12-22(21)31-29(25)23-13-7-8-14-24(23)30-26-15-9-10-16-28(26)38-32(30)31/h5-19H,1-4H3. The van der Waals surface area contributed by atoms with Crippen molar-refractivity contribution in [3.05, 3.63) is 91.0 Å². The van der Waals surface area contributed by atoms with E-state index in [1.54, 1.807) is 0 Å². The van der Waals surface area contributed by atoms with Gasteiger partial charge in [-0.05, 0) is 76.9 Å². The molecule has 1 fully saturated rings. The van der Waals surface area contributed by atoms with E-state index in [1.165, 1.54) is 63.3 Å². The second-order valence-electron chi connectivity index (χ2n) is 11.5. The van der Waals surface area contributed by atoms with Gasteiger partial charge in [-0.1, -0.05) is 84.9 Å². The summed E-state index contributed by atoms with van der Waals surface area (Å²) < 4.78 is 15.6. The summed E-state index contributed by atoms with van der Waals surface area (Å²) in [6.45, 7) is 8.44. The Hall–Kier alpha value is -3.44. The maximum atomic E-state index is 6.44. The summed E-state index contributed by atoms with van der Waals surface area (Å²) in [5, 5.41) is 13.1. The van der Waals surface area contributed by atoms with E-state index >= 15 is 0 Å². The third kappa shape index (κ3) is 2.91. The molecule has 7 aromatic rings. The van der Waals surface area contributed by atoms with Gasteiger partial charge in [0.25, 0.3) is 0 Å². The van der Waals surface area contributed by atoms with Crippen LogP contribution in [0, 0.1) is 0 Å². The van der Waals surface area contributed by atoms with Crippen LogP contribution >= 0.6 is 11.3 Å². The molecular weight excluding hydrogens is 483 g/mol. The molecule has 0 spiro atoms. The molecular formula is C34H27BO2S. The van der Waals surface area contributed by atoms with Crippen LogP contribution in [-0.4, -0.2) is 18.3 Å². The molecule has 0 bridgehead atoms. The van der Waals surface area contributed by atoms with Gasteiger partial charge in [0.2, 0.25) is 0 Å². The fraction of sp³-hybridized carbons (Fsp3) is 0.176. The van der Waals surface area contributed by atoms with Gasteiger partial charge in [-0.2, -0.15) is 0 Å². The summed E-state index contributed by atoms with van der Waals surface area (Å²) in [5.74, 6) is 0. The normalized spacial score (nSPS) is 17.1. The molecule has 2 nitrogen and oxygen atoms in total. The van der Waals surface area contributed by atoms with Crippen molar-refractivity contribution in [2.45, 2.75) is 38.9 Å². The molecule has 1 aliphatic rings. The Balaban J connectivity index is 1.55. The second kappa shape index (κ2) is 7.57. The first-order valence-electron chi connectivity index (χ1n) is 13.3. The molecule has 8 rings (SSSR count). The number of fused-ring (bicyclic) bond motifs is 13. The summed E-state index contributed by atoms with van der Waals surface area (Å²) in [7, 11) is -0.388. The summed E-state index contributed by atoms with van der Waals surface area (Å²) in [4.78, 5) is 0. The Morgan fingerprint density at radius 2 is 1.05 bits per heavy atom. The minimum absolute atomic E-state index is 0.374. The Bertz CT molecular complexity index is 2090. The third-order valence-electron chi connectivity index (χ3n) is 8.86. The number of benzene rings is 6. The zero-order valence-corrected chi connectivity index (χ0v) is 22.8. The molecule has 0 N–H and O–H groups in total. The number of thiophene rings is 1. The molecule has 0 radical (unpaired) electrons. The summed E-state index contributed by atoms with van der Waals surface area (Å²) in [5.41, 5.74) is 0.315. The highest BCUT2D eigenvalue weighted by Gasteiger charge is 2.51. The molecule has 38 heavy (non-hydrogen) atoms. The van der Waals surface area contributed by atoms with Crippen molar-refractivity contribution < 1.29 is 9.31 Å². The Morgan fingerprint density at radius 3 is 1.74 bits per heavy atom. The first-order valence-corrected chi connectivity index (χ1v) is 14.1. The van der Waals surface area contributed by atoms with Crippen molar-refractivity contribution in [1.29, 1.82) is 0 Å². The van der Waals surface area contributed by atoms with Gasteiger partial charge in [0.15, 0.2) is 0 Å². The van der Waals surface area contributed by atoms with Crippen LogP contribution in [-0.2, 0) is 9.31 Å². The fourth-order valence-electron chi connectivity index (χ4n) is 6.26. The number of rotatable bonds is 1. The summed E-state index contributed by atoms with van der Waals surface area (Å²) in [6, 6.07) is 33.4. The lowest BCUT2D eigenvalue weighted by Gasteiger charge is -2.32. The minimum atomic E-state index is -0.388. The van der Waals surface area contributed by atoms with E-state index in [-0.39, 0.29) is 18.3 Å². The molecule has 2 heterocycles. The Morgan fingerprint density at radius 1 is 0.526 bits per heavy atom. The van der Waals surface area contributed by atoms with Crippen molar-refractivity contribution in [3.63, 3.8) is 0 Å². The van der Waals surface area contributed by atoms with Crippen molar-refractivity contribution >= 4 is 87.2 Å². The smallest absolute Gasteiger partial charge is 0.399 e. The molecule has 0 amide bonds. The lowest BCUT2D eigenvalue weighted by molar-refractivity contribution is 0.00578. The maximum Gasteiger partial charge on any atom is 0.494 e. The molecule has 0 saturated carbocycles. The predicted octanol–water partition coefficient (Wildman–Crippen LogP) is 8.97. The van der Waals surface area contributed by atoms with Crippen LogP contribution in [0.5, 0.6) is 0 Å². The molecule has 0 atom stereocenters. The number of hydrogen-bond donors (Lipinski definition) is 0. The van der Waals surface area contributed by atoms with Gasteiger partial charge >= 0.3 is 7.12 Å². The lowest BCUT2D eigenvalue weighted by Crippen LogP contribution is -2.41. The SMILES string of the molecule is CC1(C)OB(c2ccc3c(c2)c2ccccc2c2c4sc5ccccc5c4c4ccccc4c32)OC1(C)C. The monoisotopic (exact) mass is 510 g/mol. The molecule has 4 heteroatoms. The van der Waals surface area contributed by atoms with Gasteiger partial charge in [0.1, 0.15) is 0 Å². The van der Waals surface area contributed by atoms with E-state index in [0.29, 0.717) is 0 Å². The quantitative estimate of drug-likeness (QED) is 0.162. The average Bonchev–Trinajstić information content (AvgIpc) is 3.41. The van der Waals surface area contributed by atoms with Gasteiger partial charge in [0.05, 0.1) is 11.2 Å². The summed E-state index contributed by atoms with van der Waals surface area (Å²) >= 11 is 1.91. The van der Waals surface area contributed by atoms with Gasteiger partial charge in [-0.3, -0.25) is 0 Å². The van der Waals surface area contributed by atoms with Gasteiger partial charge in [-0.15, -0.1) is 11.3 Å². The van der Waals surface area contributed by atoms with Crippen LogP contribution < -0.4 is 5.46 Å². The molecule has 6 aromatic carbocycles. The van der Waals surface area contributed by atoms with Crippen LogP contribution in [0.4, 0.5) is 0 Å². The molecule has 1 aliphatic heterocycles. The fourth-order valence-corrected chi connectivity index (χ4v) is 7.54. The Labute approximate surface area is 225 Å². The van der Waals surface area contributed by atoms with Crippen molar-refractivity contribution in [2.75, 3.05) is 0 Å². The minimum Gasteiger partial charge on any atom is -0.399 e. The van der Waals surface area contributed by atoms with Crippen LogP contribution in [0.1, 0.15) is 27.7 Å². The first kappa shape index (κ1) is 22.5. The highest BCUT2D eigenvalue weighted by molar-refractivity contribution is 7.27. The average molecular weight is 510 g/mol. The van der Waals surface area contributed by atoms with Crippen molar-refractivity contribution in [1.82, 2.24) is 0 Å². The molecule has 1 saturated heterocycles. The van der Waals surface area contributed by atoms with E-state index in [1.807, 2.05) is 11.3 Å². The van der Waals surface area contributed by atoms with Crippen LogP contribution in [0.2, 0.25) is 0 Å². The maximum absolute atomic E-state index is 6.44. The van der Waals surface area contributed by atoms with Crippen LogP contribution in [0.25, 0.3) is 63.3 Å². The predicted molar refractivity (Wildman–Crippen MR) is 165 cm³/mol. The topological polar surface area (TPSA) is 18.5 Å². The van der Waals surface area contributed by atoms with Crippen molar-refractivity contribution in [2.24, 2.45) is 0 Å². The summed E-state index contributed by atoms with van der Waals surface area (Å²) in [6.07, 6.45) is 0. The zero-order chi connectivity index (χ0) is 25.8. The highest BCUT2D eigenvalue weighted by atomic mass is 32.1. The largest absolute Gasteiger partial charge is 0.494 e. The molecule has 184 valence electrons. The highest BCUT2D eigenvalue weighted by Crippen LogP contribution is 2.48. The van der Waals surface area contributed by atoms with Crippen molar-refractivity contribution in [3.8, 4) is 0 Å². The van der Waals surface area contributed by atoms with E-state index in [9.17, 15) is 0 Å².